The maximum absolute atomic E-state index is 14.4. The zero-order valence-corrected chi connectivity index (χ0v) is 13.5. The van der Waals surface area contributed by atoms with Crippen molar-refractivity contribution in [3.63, 3.8) is 0 Å². The molecule has 136 valence electrons. The van der Waals surface area contributed by atoms with Crippen LogP contribution in [-0.4, -0.2) is 14.8 Å². The molecule has 0 spiro atoms. The van der Waals surface area contributed by atoms with Gasteiger partial charge in [-0.1, -0.05) is 0 Å². The molecule has 0 saturated heterocycles. The van der Waals surface area contributed by atoms with Crippen molar-refractivity contribution >= 4 is 5.69 Å². The van der Waals surface area contributed by atoms with Crippen molar-refractivity contribution in [2.24, 2.45) is 7.05 Å². The number of nitrogens with one attached hydrogen (secondary N) is 1. The Balaban J connectivity index is 1.82. The first-order valence-corrected chi connectivity index (χ1v) is 7.49. The minimum absolute atomic E-state index is 0.00144. The lowest BCUT2D eigenvalue weighted by Gasteiger charge is -2.09. The second-order valence-electron chi connectivity index (χ2n) is 5.55. The van der Waals surface area contributed by atoms with Gasteiger partial charge in [0.1, 0.15) is 11.6 Å². The monoisotopic (exact) mass is 368 g/mol. The Hall–Kier alpha value is -2.97. The van der Waals surface area contributed by atoms with E-state index >= 15 is 0 Å². The second-order valence-corrected chi connectivity index (χ2v) is 5.55. The first kappa shape index (κ1) is 17.8. The van der Waals surface area contributed by atoms with Crippen LogP contribution in [0.1, 0.15) is 11.3 Å². The summed E-state index contributed by atoms with van der Waals surface area (Å²) in [4.78, 5) is 3.64. The zero-order chi connectivity index (χ0) is 18.9. The van der Waals surface area contributed by atoms with Crippen molar-refractivity contribution in [3.8, 4) is 11.3 Å². The van der Waals surface area contributed by atoms with Crippen LogP contribution in [0.2, 0.25) is 0 Å². The maximum Gasteiger partial charge on any atom is 0.435 e. The summed E-state index contributed by atoms with van der Waals surface area (Å²) < 4.78 is 67.1. The summed E-state index contributed by atoms with van der Waals surface area (Å²) in [5, 5.41) is 6.22. The molecule has 9 heteroatoms. The molecule has 0 aliphatic carbocycles. The van der Waals surface area contributed by atoms with Gasteiger partial charge in [-0.3, -0.25) is 9.67 Å². The lowest BCUT2D eigenvalue weighted by atomic mass is 10.1. The molecule has 26 heavy (non-hydrogen) atoms. The van der Waals surface area contributed by atoms with E-state index < -0.39 is 23.5 Å². The Bertz CT molecular complexity index is 933. The van der Waals surface area contributed by atoms with Gasteiger partial charge >= 0.3 is 6.18 Å². The first-order chi connectivity index (χ1) is 12.3. The molecule has 0 radical (unpaired) electrons. The standard InChI is InChI=1S/C17H13F5N4/c1-26-15(7-16(25-26)17(20,21)22)12-3-2-11(6-13(12)18)24-8-10-4-5-23-9-14(10)19/h2-7,9,24H,8H2,1H3. The highest BCUT2D eigenvalue weighted by atomic mass is 19.4. The Morgan fingerprint density at radius 2 is 1.85 bits per heavy atom. The lowest BCUT2D eigenvalue weighted by Crippen LogP contribution is -2.06. The van der Waals surface area contributed by atoms with Crippen molar-refractivity contribution in [2.75, 3.05) is 5.32 Å². The normalized spacial score (nSPS) is 11.6. The van der Waals surface area contributed by atoms with Crippen molar-refractivity contribution in [2.45, 2.75) is 12.7 Å². The lowest BCUT2D eigenvalue weighted by molar-refractivity contribution is -0.141. The molecule has 4 nitrogen and oxygen atoms in total. The van der Waals surface area contributed by atoms with Gasteiger partial charge in [0.25, 0.3) is 0 Å². The largest absolute Gasteiger partial charge is 0.435 e. The van der Waals surface area contributed by atoms with Crippen LogP contribution in [0, 0.1) is 11.6 Å². The Morgan fingerprint density at radius 1 is 1.08 bits per heavy atom. The summed E-state index contributed by atoms with van der Waals surface area (Å²) in [6, 6.07) is 6.25. The summed E-state index contributed by atoms with van der Waals surface area (Å²) in [5.41, 5.74) is -0.394. The molecule has 1 aromatic carbocycles. The molecule has 0 fully saturated rings. The summed E-state index contributed by atoms with van der Waals surface area (Å²) in [5.74, 6) is -1.21. The van der Waals surface area contributed by atoms with E-state index in [-0.39, 0.29) is 17.8 Å². The molecular formula is C17H13F5N4. The minimum Gasteiger partial charge on any atom is -0.381 e. The molecule has 0 bridgehead atoms. The molecule has 2 aromatic heterocycles. The van der Waals surface area contributed by atoms with Gasteiger partial charge in [0, 0.05) is 36.6 Å². The van der Waals surface area contributed by atoms with E-state index in [2.05, 4.69) is 15.4 Å². The number of benzene rings is 1. The second kappa shape index (κ2) is 6.74. The molecule has 0 aliphatic rings. The average Bonchev–Trinajstić information content (AvgIpc) is 2.96. The third-order valence-corrected chi connectivity index (χ3v) is 3.75. The Kier molecular flexibility index (Phi) is 4.62. The fourth-order valence-corrected chi connectivity index (χ4v) is 2.44. The maximum atomic E-state index is 14.4. The van der Waals surface area contributed by atoms with Crippen LogP contribution in [-0.2, 0) is 19.8 Å². The van der Waals surface area contributed by atoms with Crippen molar-refractivity contribution in [1.29, 1.82) is 0 Å². The van der Waals surface area contributed by atoms with E-state index in [1.54, 1.807) is 0 Å². The number of nitrogens with zero attached hydrogens (tertiary/aromatic N) is 3. The molecule has 2 heterocycles. The van der Waals surface area contributed by atoms with Crippen LogP contribution in [0.15, 0.2) is 42.7 Å². The molecule has 0 saturated carbocycles. The van der Waals surface area contributed by atoms with Gasteiger partial charge in [0.15, 0.2) is 5.69 Å². The zero-order valence-electron chi connectivity index (χ0n) is 13.5. The molecule has 0 aliphatic heterocycles. The Morgan fingerprint density at radius 3 is 2.46 bits per heavy atom. The number of anilines is 1. The molecule has 0 unspecified atom stereocenters. The number of pyridine rings is 1. The van der Waals surface area contributed by atoms with Gasteiger partial charge in [0.2, 0.25) is 0 Å². The highest BCUT2D eigenvalue weighted by Crippen LogP contribution is 2.32. The van der Waals surface area contributed by atoms with E-state index in [0.29, 0.717) is 11.3 Å². The van der Waals surface area contributed by atoms with E-state index in [1.165, 1.54) is 31.4 Å². The number of aromatic nitrogens is 3. The number of hydrogen-bond donors (Lipinski definition) is 1. The summed E-state index contributed by atoms with van der Waals surface area (Å²) in [6.07, 6.45) is -2.10. The molecule has 1 N–H and O–H groups in total. The van der Waals surface area contributed by atoms with Gasteiger partial charge < -0.3 is 5.32 Å². The van der Waals surface area contributed by atoms with E-state index in [0.717, 1.165) is 23.0 Å². The number of halogens is 5. The van der Waals surface area contributed by atoms with Crippen molar-refractivity contribution in [1.82, 2.24) is 14.8 Å². The van der Waals surface area contributed by atoms with Gasteiger partial charge in [0.05, 0.1) is 11.9 Å². The average molecular weight is 368 g/mol. The predicted molar refractivity (Wildman–Crippen MR) is 85.1 cm³/mol. The summed E-state index contributed by atoms with van der Waals surface area (Å²) >= 11 is 0. The molecule has 0 amide bonds. The quantitative estimate of drug-likeness (QED) is 0.695. The topological polar surface area (TPSA) is 42.7 Å². The van der Waals surface area contributed by atoms with Crippen LogP contribution < -0.4 is 5.32 Å². The smallest absolute Gasteiger partial charge is 0.381 e. The van der Waals surface area contributed by atoms with Gasteiger partial charge in [-0.2, -0.15) is 18.3 Å². The fraction of sp³-hybridized carbons (Fsp3) is 0.176. The SMILES string of the molecule is Cn1nc(C(F)(F)F)cc1-c1ccc(NCc2ccncc2F)cc1F. The highest BCUT2D eigenvalue weighted by molar-refractivity contribution is 5.64. The van der Waals surface area contributed by atoms with Gasteiger partial charge in [-0.05, 0) is 30.3 Å². The van der Waals surface area contributed by atoms with Gasteiger partial charge in [-0.15, -0.1) is 0 Å². The van der Waals surface area contributed by atoms with Gasteiger partial charge in [-0.25, -0.2) is 8.78 Å². The third kappa shape index (κ3) is 3.66. The van der Waals surface area contributed by atoms with Crippen molar-refractivity contribution in [3.05, 3.63) is 65.6 Å². The highest BCUT2D eigenvalue weighted by Gasteiger charge is 2.35. The Labute approximate surface area is 145 Å². The predicted octanol–water partition coefficient (Wildman–Crippen LogP) is 4.39. The van der Waals surface area contributed by atoms with E-state index in [9.17, 15) is 22.0 Å². The molecular weight excluding hydrogens is 355 g/mol. The van der Waals surface area contributed by atoms with Crippen LogP contribution in [0.3, 0.4) is 0 Å². The number of rotatable bonds is 4. The van der Waals surface area contributed by atoms with Crippen LogP contribution in [0.5, 0.6) is 0 Å². The summed E-state index contributed by atoms with van der Waals surface area (Å²) in [6.45, 7) is 0.108. The van der Waals surface area contributed by atoms with Crippen LogP contribution in [0.25, 0.3) is 11.3 Å². The molecule has 0 atom stereocenters. The van der Waals surface area contributed by atoms with Crippen molar-refractivity contribution < 1.29 is 22.0 Å². The third-order valence-electron chi connectivity index (χ3n) is 3.75. The number of aryl methyl sites for hydroxylation is 1. The van der Waals surface area contributed by atoms with Crippen LogP contribution >= 0.6 is 0 Å². The minimum atomic E-state index is -4.61. The molecule has 3 rings (SSSR count). The number of hydrogen-bond acceptors (Lipinski definition) is 3. The first-order valence-electron chi connectivity index (χ1n) is 7.49. The van der Waals surface area contributed by atoms with Crippen LogP contribution in [0.4, 0.5) is 27.6 Å². The van der Waals surface area contributed by atoms with E-state index in [4.69, 9.17) is 0 Å². The number of alkyl halides is 3. The fourth-order valence-electron chi connectivity index (χ4n) is 2.44. The van der Waals surface area contributed by atoms with E-state index in [1.807, 2.05) is 0 Å². The summed E-state index contributed by atoms with van der Waals surface area (Å²) in [7, 11) is 1.31. The molecule has 3 aromatic rings.